The molecule has 1 aliphatic carbocycles. The zero-order valence-corrected chi connectivity index (χ0v) is 13.1. The largest absolute Gasteiger partial charge is 0.497 e. The lowest BCUT2D eigenvalue weighted by atomic mass is 9.80. The zero-order chi connectivity index (χ0) is 15.4. The lowest BCUT2D eigenvalue weighted by Crippen LogP contribution is -2.53. The van der Waals surface area contributed by atoms with E-state index in [9.17, 15) is 4.79 Å². The third kappa shape index (κ3) is 3.66. The molecule has 2 fully saturated rings. The Morgan fingerprint density at radius 3 is 2.68 bits per heavy atom. The van der Waals surface area contributed by atoms with E-state index in [1.807, 2.05) is 12.1 Å². The standard InChI is InChI=1S/C17H24N2O3/c1-21-16-4-2-14(3-5-16)10-19-11-17(18-12-22-13-19)8-6-15(20)7-9-17/h2-5,18H,6-13H2,1H3. The van der Waals surface area contributed by atoms with Crippen LogP contribution < -0.4 is 10.1 Å². The van der Waals surface area contributed by atoms with Crippen LogP contribution in [-0.4, -0.2) is 43.3 Å². The van der Waals surface area contributed by atoms with Crippen LogP contribution in [0, 0.1) is 0 Å². The summed E-state index contributed by atoms with van der Waals surface area (Å²) in [5.41, 5.74) is 1.27. The van der Waals surface area contributed by atoms with E-state index in [0.29, 0.717) is 32.1 Å². The Kier molecular flexibility index (Phi) is 4.76. The number of hydrogen-bond acceptors (Lipinski definition) is 5. The molecular formula is C17H24N2O3. The summed E-state index contributed by atoms with van der Waals surface area (Å²) >= 11 is 0. The van der Waals surface area contributed by atoms with Gasteiger partial charge in [0.1, 0.15) is 18.3 Å². The Morgan fingerprint density at radius 2 is 2.00 bits per heavy atom. The third-order valence-electron chi connectivity index (χ3n) is 4.68. The van der Waals surface area contributed by atoms with Gasteiger partial charge in [-0.2, -0.15) is 0 Å². The van der Waals surface area contributed by atoms with E-state index in [-0.39, 0.29) is 5.54 Å². The lowest BCUT2D eigenvalue weighted by molar-refractivity contribution is -0.121. The van der Waals surface area contributed by atoms with Crippen LogP contribution in [0.15, 0.2) is 24.3 Å². The third-order valence-corrected chi connectivity index (χ3v) is 4.68. The first kappa shape index (κ1) is 15.5. The molecule has 0 atom stereocenters. The summed E-state index contributed by atoms with van der Waals surface area (Å²) in [4.78, 5) is 13.8. The van der Waals surface area contributed by atoms with Crippen LogP contribution in [0.1, 0.15) is 31.2 Å². The Hall–Kier alpha value is -1.43. The minimum absolute atomic E-state index is 0.0247. The molecule has 1 saturated heterocycles. The number of carbonyl (C=O) groups is 1. The molecule has 22 heavy (non-hydrogen) atoms. The second-order valence-corrected chi connectivity index (χ2v) is 6.31. The van der Waals surface area contributed by atoms with Gasteiger partial charge in [0.2, 0.25) is 0 Å². The Bertz CT molecular complexity index is 505. The van der Waals surface area contributed by atoms with Gasteiger partial charge in [0, 0.05) is 31.5 Å². The van der Waals surface area contributed by atoms with Gasteiger partial charge in [0.25, 0.3) is 0 Å². The van der Waals surface area contributed by atoms with Crippen molar-refractivity contribution in [2.45, 2.75) is 37.8 Å². The molecule has 5 nitrogen and oxygen atoms in total. The Labute approximate surface area is 131 Å². The van der Waals surface area contributed by atoms with Crippen molar-refractivity contribution in [2.24, 2.45) is 0 Å². The molecule has 0 amide bonds. The molecule has 1 aromatic carbocycles. The minimum atomic E-state index is 0.0247. The van der Waals surface area contributed by atoms with Crippen LogP contribution in [0.3, 0.4) is 0 Å². The van der Waals surface area contributed by atoms with Gasteiger partial charge in [0.05, 0.1) is 13.8 Å². The van der Waals surface area contributed by atoms with Crippen molar-refractivity contribution in [3.63, 3.8) is 0 Å². The summed E-state index contributed by atoms with van der Waals surface area (Å²) in [5.74, 6) is 1.26. The molecule has 1 aromatic rings. The fourth-order valence-electron chi connectivity index (χ4n) is 3.34. The molecule has 1 N–H and O–H groups in total. The van der Waals surface area contributed by atoms with E-state index in [1.54, 1.807) is 7.11 Å². The average molecular weight is 304 g/mol. The van der Waals surface area contributed by atoms with Gasteiger partial charge in [-0.1, -0.05) is 12.1 Å². The van der Waals surface area contributed by atoms with Crippen LogP contribution in [0.4, 0.5) is 0 Å². The maximum atomic E-state index is 11.5. The molecule has 2 aliphatic rings. The Balaban J connectivity index is 1.65. The first-order valence-electron chi connectivity index (χ1n) is 7.89. The van der Waals surface area contributed by atoms with Gasteiger partial charge in [-0.05, 0) is 30.5 Å². The van der Waals surface area contributed by atoms with Crippen LogP contribution in [-0.2, 0) is 16.1 Å². The highest BCUT2D eigenvalue weighted by atomic mass is 16.5. The highest BCUT2D eigenvalue weighted by Gasteiger charge is 2.37. The van der Waals surface area contributed by atoms with Gasteiger partial charge < -0.3 is 9.47 Å². The smallest absolute Gasteiger partial charge is 0.133 e. The minimum Gasteiger partial charge on any atom is -0.497 e. The number of methoxy groups -OCH3 is 1. The first-order chi connectivity index (χ1) is 10.7. The predicted molar refractivity (Wildman–Crippen MR) is 83.6 cm³/mol. The molecule has 0 radical (unpaired) electrons. The highest BCUT2D eigenvalue weighted by molar-refractivity contribution is 5.79. The van der Waals surface area contributed by atoms with Crippen molar-refractivity contribution < 1.29 is 14.3 Å². The summed E-state index contributed by atoms with van der Waals surface area (Å²) in [6.45, 7) is 2.95. The fourth-order valence-corrected chi connectivity index (χ4v) is 3.34. The van der Waals surface area contributed by atoms with Crippen molar-refractivity contribution in [1.29, 1.82) is 0 Å². The summed E-state index contributed by atoms with van der Waals surface area (Å²) < 4.78 is 10.9. The van der Waals surface area contributed by atoms with Crippen LogP contribution in [0.2, 0.25) is 0 Å². The highest BCUT2D eigenvalue weighted by Crippen LogP contribution is 2.29. The number of ketones is 1. The number of ether oxygens (including phenoxy) is 2. The van der Waals surface area contributed by atoms with Crippen LogP contribution in [0.25, 0.3) is 0 Å². The van der Waals surface area contributed by atoms with Crippen molar-refractivity contribution in [3.8, 4) is 5.75 Å². The van der Waals surface area contributed by atoms with Crippen LogP contribution in [0.5, 0.6) is 5.75 Å². The quantitative estimate of drug-likeness (QED) is 0.924. The van der Waals surface area contributed by atoms with Crippen molar-refractivity contribution in [1.82, 2.24) is 10.2 Å². The molecule has 0 aromatic heterocycles. The van der Waals surface area contributed by atoms with Crippen molar-refractivity contribution in [3.05, 3.63) is 29.8 Å². The normalized spacial score (nSPS) is 22.5. The average Bonchev–Trinajstić information content (AvgIpc) is 2.74. The number of Topliss-reactive ketones (excluding diaryl/α,β-unsaturated/α-hetero) is 1. The summed E-state index contributed by atoms with van der Waals surface area (Å²) in [6, 6.07) is 8.16. The van der Waals surface area contributed by atoms with Gasteiger partial charge in [0.15, 0.2) is 0 Å². The lowest BCUT2D eigenvalue weighted by Gasteiger charge is -2.38. The molecule has 1 aliphatic heterocycles. The van der Waals surface area contributed by atoms with Crippen LogP contribution >= 0.6 is 0 Å². The summed E-state index contributed by atoms with van der Waals surface area (Å²) in [5, 5.41) is 3.52. The number of hydrogen-bond donors (Lipinski definition) is 1. The first-order valence-corrected chi connectivity index (χ1v) is 7.89. The molecule has 1 saturated carbocycles. The van der Waals surface area contributed by atoms with E-state index >= 15 is 0 Å². The van der Waals surface area contributed by atoms with E-state index in [4.69, 9.17) is 9.47 Å². The number of carbonyl (C=O) groups excluding carboxylic acids is 1. The number of nitrogens with one attached hydrogen (secondary N) is 1. The fraction of sp³-hybridized carbons (Fsp3) is 0.588. The second-order valence-electron chi connectivity index (χ2n) is 6.31. The SMILES string of the molecule is COc1ccc(CN2COCNC3(CCC(=O)CC3)C2)cc1. The molecular weight excluding hydrogens is 280 g/mol. The molecule has 1 heterocycles. The van der Waals surface area contributed by atoms with Crippen molar-refractivity contribution in [2.75, 3.05) is 27.1 Å². The number of nitrogens with zero attached hydrogens (tertiary/aromatic N) is 1. The molecule has 5 heteroatoms. The van der Waals surface area contributed by atoms with Gasteiger partial charge in [-0.15, -0.1) is 0 Å². The maximum absolute atomic E-state index is 11.5. The second kappa shape index (κ2) is 6.77. The molecule has 3 rings (SSSR count). The van der Waals surface area contributed by atoms with Crippen molar-refractivity contribution >= 4 is 5.78 Å². The topological polar surface area (TPSA) is 50.8 Å². The van der Waals surface area contributed by atoms with E-state index < -0.39 is 0 Å². The van der Waals surface area contributed by atoms with E-state index in [0.717, 1.165) is 31.7 Å². The number of rotatable bonds is 3. The molecule has 120 valence electrons. The van der Waals surface area contributed by atoms with Gasteiger partial charge in [-0.3, -0.25) is 15.0 Å². The zero-order valence-electron chi connectivity index (χ0n) is 13.1. The molecule has 0 unspecified atom stereocenters. The summed E-state index contributed by atoms with van der Waals surface area (Å²) in [7, 11) is 1.68. The van der Waals surface area contributed by atoms with Gasteiger partial charge >= 0.3 is 0 Å². The monoisotopic (exact) mass is 304 g/mol. The molecule has 1 spiro atoms. The number of benzene rings is 1. The summed E-state index contributed by atoms with van der Waals surface area (Å²) in [6.07, 6.45) is 3.19. The molecule has 0 bridgehead atoms. The Morgan fingerprint density at radius 1 is 1.27 bits per heavy atom. The predicted octanol–water partition coefficient (Wildman–Crippen LogP) is 1.91. The maximum Gasteiger partial charge on any atom is 0.133 e. The van der Waals surface area contributed by atoms with E-state index in [1.165, 1.54) is 5.56 Å². The van der Waals surface area contributed by atoms with Gasteiger partial charge in [-0.25, -0.2) is 0 Å². The van der Waals surface area contributed by atoms with E-state index in [2.05, 4.69) is 22.3 Å².